The molecule has 0 unspecified atom stereocenters. The van der Waals surface area contributed by atoms with Crippen molar-refractivity contribution in [2.45, 2.75) is 4.21 Å². The van der Waals surface area contributed by atoms with Crippen molar-refractivity contribution in [1.29, 1.82) is 0 Å². The standard InChI is InChI=1S/C15H13BrClFN2O3S2/c16-12-9-10(18)1-2-11(12)15(21)19-5-7-20(8-6-19)25(22,23)14-4-3-13(17)24-14/h1-4,9H,5-8H2. The van der Waals surface area contributed by atoms with Gasteiger partial charge < -0.3 is 4.90 Å². The fourth-order valence-corrected chi connectivity index (χ4v) is 6.11. The van der Waals surface area contributed by atoms with Crippen LogP contribution in [0, 0.1) is 5.82 Å². The van der Waals surface area contributed by atoms with Gasteiger partial charge in [0.2, 0.25) is 0 Å². The van der Waals surface area contributed by atoms with Gasteiger partial charge in [-0.1, -0.05) is 11.6 Å². The van der Waals surface area contributed by atoms with E-state index >= 15 is 0 Å². The van der Waals surface area contributed by atoms with E-state index in [0.29, 0.717) is 14.4 Å². The van der Waals surface area contributed by atoms with Gasteiger partial charge in [0, 0.05) is 30.7 Å². The van der Waals surface area contributed by atoms with Crippen LogP contribution in [0.2, 0.25) is 4.34 Å². The molecule has 5 nitrogen and oxygen atoms in total. The van der Waals surface area contributed by atoms with E-state index in [4.69, 9.17) is 11.6 Å². The summed E-state index contributed by atoms with van der Waals surface area (Å²) in [6, 6.07) is 6.90. The topological polar surface area (TPSA) is 57.7 Å². The average molecular weight is 468 g/mol. The van der Waals surface area contributed by atoms with Crippen molar-refractivity contribution in [2.75, 3.05) is 26.2 Å². The van der Waals surface area contributed by atoms with Crippen LogP contribution in [0.4, 0.5) is 4.39 Å². The van der Waals surface area contributed by atoms with Crippen molar-refractivity contribution in [3.8, 4) is 0 Å². The molecule has 3 rings (SSSR count). The number of rotatable bonds is 3. The van der Waals surface area contributed by atoms with Crippen LogP contribution in [0.25, 0.3) is 0 Å². The molecule has 0 saturated carbocycles. The molecule has 0 spiro atoms. The molecule has 0 radical (unpaired) electrons. The first kappa shape index (κ1) is 18.8. The lowest BCUT2D eigenvalue weighted by Gasteiger charge is -2.33. The maximum Gasteiger partial charge on any atom is 0.255 e. The molecule has 1 amide bonds. The predicted octanol–water partition coefficient (Wildman–Crippen LogP) is 3.45. The van der Waals surface area contributed by atoms with Crippen LogP contribution in [0.3, 0.4) is 0 Å². The van der Waals surface area contributed by atoms with Crippen LogP contribution in [0.1, 0.15) is 10.4 Å². The quantitative estimate of drug-likeness (QED) is 0.695. The van der Waals surface area contributed by atoms with Crippen LogP contribution in [-0.2, 0) is 10.0 Å². The van der Waals surface area contributed by atoms with Gasteiger partial charge in [0.1, 0.15) is 10.0 Å². The first-order valence-corrected chi connectivity index (χ1v) is 10.7. The Kier molecular flexibility index (Phi) is 5.50. The largest absolute Gasteiger partial charge is 0.336 e. The van der Waals surface area contributed by atoms with Gasteiger partial charge >= 0.3 is 0 Å². The van der Waals surface area contributed by atoms with Crippen molar-refractivity contribution in [2.24, 2.45) is 0 Å². The fraction of sp³-hybridized carbons (Fsp3) is 0.267. The number of sulfonamides is 1. The summed E-state index contributed by atoms with van der Waals surface area (Å²) < 4.78 is 40.6. The molecule has 1 aromatic carbocycles. The SMILES string of the molecule is O=C(c1ccc(F)cc1Br)N1CCN(S(=O)(=O)c2ccc(Cl)s2)CC1. The summed E-state index contributed by atoms with van der Waals surface area (Å²) in [6.45, 7) is 0.923. The van der Waals surface area contributed by atoms with Crippen molar-refractivity contribution in [3.05, 3.63) is 50.5 Å². The Bertz CT molecular complexity index is 911. The second-order valence-electron chi connectivity index (χ2n) is 5.38. The number of amides is 1. The van der Waals surface area contributed by atoms with Crippen LogP contribution in [0.15, 0.2) is 39.0 Å². The molecule has 134 valence electrons. The number of benzene rings is 1. The Morgan fingerprint density at radius 2 is 1.84 bits per heavy atom. The highest BCUT2D eigenvalue weighted by Crippen LogP contribution is 2.29. The van der Waals surface area contributed by atoms with E-state index in [1.165, 1.54) is 28.6 Å². The first-order valence-electron chi connectivity index (χ1n) is 7.29. The van der Waals surface area contributed by atoms with Crippen LogP contribution in [0.5, 0.6) is 0 Å². The molecule has 1 aliphatic rings. The number of thiophene rings is 1. The molecule has 2 aromatic rings. The number of halogens is 3. The third-order valence-electron chi connectivity index (χ3n) is 3.83. The molecule has 1 saturated heterocycles. The second-order valence-corrected chi connectivity index (χ2v) is 10.1. The Morgan fingerprint density at radius 3 is 2.40 bits per heavy atom. The van der Waals surface area contributed by atoms with Crippen LogP contribution in [-0.4, -0.2) is 49.7 Å². The maximum atomic E-state index is 13.2. The van der Waals surface area contributed by atoms with Crippen LogP contribution >= 0.6 is 38.9 Å². The monoisotopic (exact) mass is 466 g/mol. The van der Waals surface area contributed by atoms with E-state index in [-0.39, 0.29) is 36.3 Å². The number of nitrogens with zero attached hydrogens (tertiary/aromatic N) is 2. The number of hydrogen-bond donors (Lipinski definition) is 0. The molecule has 1 aromatic heterocycles. The highest BCUT2D eigenvalue weighted by atomic mass is 79.9. The first-order chi connectivity index (χ1) is 11.8. The Labute approximate surface area is 162 Å². The third kappa shape index (κ3) is 3.90. The Balaban J connectivity index is 1.70. The van der Waals surface area contributed by atoms with E-state index in [0.717, 1.165) is 11.3 Å². The number of hydrogen-bond acceptors (Lipinski definition) is 4. The minimum absolute atomic E-state index is 0.193. The highest BCUT2D eigenvalue weighted by molar-refractivity contribution is 9.10. The second kappa shape index (κ2) is 7.32. The number of carbonyl (C=O) groups is 1. The molecular formula is C15H13BrClFN2O3S2. The zero-order chi connectivity index (χ0) is 18.2. The van der Waals surface area contributed by atoms with Crippen molar-refractivity contribution < 1.29 is 17.6 Å². The smallest absolute Gasteiger partial charge is 0.255 e. The van der Waals surface area contributed by atoms with Gasteiger partial charge in [-0.25, -0.2) is 12.8 Å². The van der Waals surface area contributed by atoms with Gasteiger partial charge in [0.05, 0.1) is 9.90 Å². The van der Waals surface area contributed by atoms with Crippen LogP contribution < -0.4 is 0 Å². The summed E-state index contributed by atoms with van der Waals surface area (Å²) in [5, 5.41) is 0. The lowest BCUT2D eigenvalue weighted by molar-refractivity contribution is 0.0697. The van der Waals surface area contributed by atoms with Crippen molar-refractivity contribution in [3.63, 3.8) is 0 Å². The lowest BCUT2D eigenvalue weighted by atomic mass is 10.2. The predicted molar refractivity (Wildman–Crippen MR) is 98.1 cm³/mol. The average Bonchev–Trinajstić information content (AvgIpc) is 3.02. The number of carbonyl (C=O) groups excluding carboxylic acids is 1. The molecule has 0 bridgehead atoms. The molecule has 1 aliphatic heterocycles. The summed E-state index contributed by atoms with van der Waals surface area (Å²) in [6.07, 6.45) is 0. The van der Waals surface area contributed by atoms with Crippen molar-refractivity contribution in [1.82, 2.24) is 9.21 Å². The zero-order valence-corrected chi connectivity index (χ0v) is 16.8. The molecule has 1 fully saturated rings. The number of piperazine rings is 1. The molecule has 2 heterocycles. The van der Waals surface area contributed by atoms with E-state index in [2.05, 4.69) is 15.9 Å². The Morgan fingerprint density at radius 1 is 1.16 bits per heavy atom. The third-order valence-corrected chi connectivity index (χ3v) is 8.08. The molecule has 25 heavy (non-hydrogen) atoms. The Hall–Kier alpha value is -1.000. The summed E-state index contributed by atoms with van der Waals surface area (Å²) in [4.78, 5) is 14.1. The van der Waals surface area contributed by atoms with Gasteiger partial charge in [0.25, 0.3) is 15.9 Å². The van der Waals surface area contributed by atoms with E-state index < -0.39 is 15.8 Å². The van der Waals surface area contributed by atoms with E-state index in [1.54, 1.807) is 11.0 Å². The fourth-order valence-electron chi connectivity index (χ4n) is 2.53. The summed E-state index contributed by atoms with van der Waals surface area (Å²) in [5.41, 5.74) is 0.350. The van der Waals surface area contributed by atoms with E-state index in [9.17, 15) is 17.6 Å². The minimum Gasteiger partial charge on any atom is -0.336 e. The summed E-state index contributed by atoms with van der Waals surface area (Å²) in [7, 11) is -3.60. The van der Waals surface area contributed by atoms with Gasteiger partial charge in [-0.3, -0.25) is 4.79 Å². The molecule has 0 aliphatic carbocycles. The molecule has 10 heteroatoms. The van der Waals surface area contributed by atoms with Crippen molar-refractivity contribution >= 4 is 54.8 Å². The minimum atomic E-state index is -3.60. The van der Waals surface area contributed by atoms with Gasteiger partial charge in [-0.05, 0) is 46.3 Å². The molecule has 0 N–H and O–H groups in total. The van der Waals surface area contributed by atoms with E-state index in [1.807, 2.05) is 0 Å². The highest BCUT2D eigenvalue weighted by Gasteiger charge is 2.31. The molecule has 0 atom stereocenters. The summed E-state index contributed by atoms with van der Waals surface area (Å²) >= 11 is 10.0. The normalized spacial score (nSPS) is 16.2. The van der Waals surface area contributed by atoms with Gasteiger partial charge in [0.15, 0.2) is 0 Å². The maximum absolute atomic E-state index is 13.2. The van der Waals surface area contributed by atoms with Gasteiger partial charge in [-0.2, -0.15) is 4.31 Å². The zero-order valence-electron chi connectivity index (χ0n) is 12.8. The molecular weight excluding hydrogens is 455 g/mol. The van der Waals surface area contributed by atoms with Gasteiger partial charge in [-0.15, -0.1) is 11.3 Å². The summed E-state index contributed by atoms with van der Waals surface area (Å²) in [5.74, 6) is -0.697. The lowest BCUT2D eigenvalue weighted by Crippen LogP contribution is -2.50.